The van der Waals surface area contributed by atoms with E-state index >= 15 is 0 Å². The van der Waals surface area contributed by atoms with E-state index in [2.05, 4.69) is 10.1 Å². The number of likely N-dealkylation sites (tertiary alicyclic amines) is 1. The zero-order valence-corrected chi connectivity index (χ0v) is 16.6. The summed E-state index contributed by atoms with van der Waals surface area (Å²) in [4.78, 5) is 15.5. The van der Waals surface area contributed by atoms with Crippen LogP contribution < -0.4 is 4.90 Å². The highest BCUT2D eigenvalue weighted by Gasteiger charge is 2.27. The minimum atomic E-state index is -0.841. The van der Waals surface area contributed by atoms with Gasteiger partial charge in [-0.1, -0.05) is 38.4 Å². The fourth-order valence-electron chi connectivity index (χ4n) is 3.52. The zero-order valence-electron chi connectivity index (χ0n) is 16.6. The van der Waals surface area contributed by atoms with Crippen LogP contribution in [0.3, 0.4) is 0 Å². The van der Waals surface area contributed by atoms with Gasteiger partial charge in [0.2, 0.25) is 6.41 Å². The molecule has 1 aliphatic rings. The van der Waals surface area contributed by atoms with Crippen molar-refractivity contribution in [1.82, 2.24) is 10.1 Å². The van der Waals surface area contributed by atoms with Crippen LogP contribution in [0.15, 0.2) is 28.8 Å². The number of carbonyl (C=O) groups is 1. The number of hydrogen-bond donors (Lipinski definition) is 0. The molecule has 28 heavy (non-hydrogen) atoms. The van der Waals surface area contributed by atoms with Crippen LogP contribution in [-0.4, -0.2) is 35.6 Å². The first kappa shape index (κ1) is 20.5. The minimum Gasteiger partial charge on any atom is -0.359 e. The highest BCUT2D eigenvalue weighted by Crippen LogP contribution is 2.27. The van der Waals surface area contributed by atoms with Gasteiger partial charge in [0.05, 0.1) is 0 Å². The van der Waals surface area contributed by atoms with Gasteiger partial charge in [-0.2, -0.15) is 0 Å². The molecule has 152 valence electrons. The van der Waals surface area contributed by atoms with E-state index in [1.165, 1.54) is 6.07 Å². The molecule has 7 heteroatoms. The van der Waals surface area contributed by atoms with Gasteiger partial charge in [-0.05, 0) is 37.1 Å². The van der Waals surface area contributed by atoms with Crippen LogP contribution in [0.25, 0.3) is 0 Å². The second kappa shape index (κ2) is 8.39. The maximum atomic E-state index is 13.5. The number of amides is 1. The number of halogens is 2. The van der Waals surface area contributed by atoms with E-state index in [-0.39, 0.29) is 11.5 Å². The molecule has 0 N–H and O–H groups in total. The highest BCUT2D eigenvalue weighted by molar-refractivity contribution is 5.72. The molecule has 1 fully saturated rings. The molecule has 2 aromatic rings. The average Bonchev–Trinajstić information content (AvgIpc) is 3.14. The number of hydrogen-bond acceptors (Lipinski definition) is 4. The topological polar surface area (TPSA) is 49.6 Å². The first-order valence-electron chi connectivity index (χ1n) is 9.65. The van der Waals surface area contributed by atoms with Crippen molar-refractivity contribution < 1.29 is 18.1 Å². The lowest BCUT2D eigenvalue weighted by atomic mass is 9.93. The SMILES string of the molecule is CC(C)(C)c1cc(N(C=O)CC2CCCCN2Cc2ccc(F)c(F)c2)no1. The van der Waals surface area contributed by atoms with Crippen molar-refractivity contribution in [3.8, 4) is 0 Å². The van der Waals surface area contributed by atoms with Gasteiger partial charge < -0.3 is 4.52 Å². The molecule has 1 aliphatic heterocycles. The van der Waals surface area contributed by atoms with Crippen molar-refractivity contribution >= 4 is 12.2 Å². The van der Waals surface area contributed by atoms with Crippen LogP contribution >= 0.6 is 0 Å². The van der Waals surface area contributed by atoms with E-state index in [4.69, 9.17) is 4.52 Å². The Labute approximate surface area is 164 Å². The van der Waals surface area contributed by atoms with Gasteiger partial charge >= 0.3 is 0 Å². The van der Waals surface area contributed by atoms with Gasteiger partial charge in [-0.25, -0.2) is 8.78 Å². The molecule has 1 amide bonds. The Balaban J connectivity index is 1.72. The number of piperidine rings is 1. The molecular weight excluding hydrogens is 364 g/mol. The number of anilines is 1. The highest BCUT2D eigenvalue weighted by atomic mass is 19.2. The lowest BCUT2D eigenvalue weighted by molar-refractivity contribution is -0.107. The second-order valence-electron chi connectivity index (χ2n) is 8.43. The predicted molar refractivity (Wildman–Crippen MR) is 103 cm³/mol. The van der Waals surface area contributed by atoms with Crippen LogP contribution in [0.4, 0.5) is 14.6 Å². The summed E-state index contributed by atoms with van der Waals surface area (Å²) in [5.74, 6) is -0.459. The lowest BCUT2D eigenvalue weighted by Gasteiger charge is -2.37. The molecule has 0 saturated carbocycles. The van der Waals surface area contributed by atoms with E-state index in [0.717, 1.165) is 49.6 Å². The predicted octanol–water partition coefficient (Wildman–Crippen LogP) is 4.27. The molecule has 0 bridgehead atoms. The summed E-state index contributed by atoms with van der Waals surface area (Å²) in [6.45, 7) is 7.90. The number of carbonyl (C=O) groups excluding carboxylic acids is 1. The van der Waals surface area contributed by atoms with Crippen molar-refractivity contribution in [1.29, 1.82) is 0 Å². The largest absolute Gasteiger partial charge is 0.359 e. The number of nitrogens with zero attached hydrogens (tertiary/aromatic N) is 3. The third-order valence-corrected chi connectivity index (χ3v) is 5.18. The van der Waals surface area contributed by atoms with Crippen LogP contribution in [0.2, 0.25) is 0 Å². The van der Waals surface area contributed by atoms with Crippen LogP contribution in [0.1, 0.15) is 51.4 Å². The molecule has 1 saturated heterocycles. The fraction of sp³-hybridized carbons (Fsp3) is 0.524. The maximum absolute atomic E-state index is 13.5. The summed E-state index contributed by atoms with van der Waals surface area (Å²) >= 11 is 0. The van der Waals surface area contributed by atoms with Crippen LogP contribution in [0, 0.1) is 11.6 Å². The van der Waals surface area contributed by atoms with Crippen LogP contribution in [-0.2, 0) is 16.8 Å². The van der Waals surface area contributed by atoms with E-state index in [9.17, 15) is 13.6 Å². The smallest absolute Gasteiger partial charge is 0.215 e. The first-order chi connectivity index (χ1) is 13.3. The molecule has 2 heterocycles. The number of benzene rings is 1. The van der Waals surface area contributed by atoms with Crippen molar-refractivity contribution in [2.24, 2.45) is 0 Å². The molecule has 1 aromatic heterocycles. The van der Waals surface area contributed by atoms with Gasteiger partial charge in [0.25, 0.3) is 0 Å². The summed E-state index contributed by atoms with van der Waals surface area (Å²) in [7, 11) is 0. The van der Waals surface area contributed by atoms with Crippen LogP contribution in [0.5, 0.6) is 0 Å². The Bertz CT molecular complexity index is 816. The molecular formula is C21H27F2N3O2. The maximum Gasteiger partial charge on any atom is 0.215 e. The van der Waals surface area contributed by atoms with E-state index in [1.54, 1.807) is 17.0 Å². The third-order valence-electron chi connectivity index (χ3n) is 5.18. The molecule has 5 nitrogen and oxygen atoms in total. The second-order valence-corrected chi connectivity index (χ2v) is 8.43. The van der Waals surface area contributed by atoms with E-state index < -0.39 is 11.6 Å². The summed E-state index contributed by atoms with van der Waals surface area (Å²) < 4.78 is 32.2. The Morgan fingerprint density at radius 2 is 2.04 bits per heavy atom. The summed E-state index contributed by atoms with van der Waals surface area (Å²) in [5, 5.41) is 4.06. The molecule has 1 aromatic carbocycles. The quantitative estimate of drug-likeness (QED) is 0.690. The Morgan fingerprint density at radius 1 is 1.25 bits per heavy atom. The first-order valence-corrected chi connectivity index (χ1v) is 9.65. The Kier molecular flexibility index (Phi) is 6.13. The molecule has 0 radical (unpaired) electrons. The standard InChI is InChI=1S/C21H27F2N3O2/c1-21(2,3)19-11-20(24-28-19)26(14-27)13-16-6-4-5-9-25(16)12-15-7-8-17(22)18(23)10-15/h7-8,10-11,14,16H,4-6,9,12-13H2,1-3H3. The van der Waals surface area contributed by atoms with Gasteiger partial charge in [-0.15, -0.1) is 0 Å². The van der Waals surface area contributed by atoms with Gasteiger partial charge in [0.15, 0.2) is 17.5 Å². The van der Waals surface area contributed by atoms with Crippen molar-refractivity contribution in [3.05, 3.63) is 47.2 Å². The Hall–Kier alpha value is -2.28. The summed E-state index contributed by atoms with van der Waals surface area (Å²) in [6.07, 6.45) is 3.81. The van der Waals surface area contributed by atoms with E-state index in [0.29, 0.717) is 18.9 Å². The summed E-state index contributed by atoms with van der Waals surface area (Å²) in [5.41, 5.74) is 0.531. The van der Waals surface area contributed by atoms with Crippen molar-refractivity contribution in [3.63, 3.8) is 0 Å². The molecule has 3 rings (SSSR count). The lowest BCUT2D eigenvalue weighted by Crippen LogP contribution is -2.46. The number of rotatable bonds is 6. The zero-order chi connectivity index (χ0) is 20.3. The van der Waals surface area contributed by atoms with E-state index in [1.807, 2.05) is 20.8 Å². The summed E-state index contributed by atoms with van der Waals surface area (Å²) in [6, 6.07) is 5.92. The fourth-order valence-corrected chi connectivity index (χ4v) is 3.52. The van der Waals surface area contributed by atoms with Crippen molar-refractivity contribution in [2.75, 3.05) is 18.0 Å². The Morgan fingerprint density at radius 3 is 2.68 bits per heavy atom. The minimum absolute atomic E-state index is 0.113. The molecule has 0 spiro atoms. The van der Waals surface area contributed by atoms with Gasteiger partial charge in [0.1, 0.15) is 5.76 Å². The average molecular weight is 391 g/mol. The van der Waals surface area contributed by atoms with Gasteiger partial charge in [-0.3, -0.25) is 14.6 Å². The molecule has 1 unspecified atom stereocenters. The van der Waals surface area contributed by atoms with Crippen molar-refractivity contribution in [2.45, 2.75) is 58.0 Å². The third kappa shape index (κ3) is 4.76. The van der Waals surface area contributed by atoms with Gasteiger partial charge in [0, 0.05) is 30.6 Å². The molecule has 0 aliphatic carbocycles. The molecule has 1 atom stereocenters. The monoisotopic (exact) mass is 391 g/mol. The number of aromatic nitrogens is 1. The normalized spacial score (nSPS) is 18.2.